The summed E-state index contributed by atoms with van der Waals surface area (Å²) in [5, 5.41) is 2.88. The number of morpholine rings is 1. The highest BCUT2D eigenvalue weighted by atomic mass is 32.1. The molecular formula is C17H29N3O3S. The Bertz CT molecular complexity index is 521. The minimum absolute atomic E-state index is 0.0907. The van der Waals surface area contributed by atoms with Gasteiger partial charge in [-0.05, 0) is 32.8 Å². The standard InChI is InChI=1S/C17H29N3O3S/c1-5-6-7-11(2)15(16(18)22)17(24)19-14(21)10-20-8-12(3)23-13(4)9-20/h7,12-13,24H,5-6,8-10H2,1-4H3,(H2,18,22)(H,19,21)/b11-7+,17-15+. The van der Waals surface area contributed by atoms with Gasteiger partial charge in [-0.1, -0.05) is 19.4 Å². The zero-order chi connectivity index (χ0) is 18.3. The highest BCUT2D eigenvalue weighted by molar-refractivity contribution is 7.84. The van der Waals surface area contributed by atoms with E-state index in [9.17, 15) is 9.59 Å². The summed E-state index contributed by atoms with van der Waals surface area (Å²) in [6, 6.07) is 0. The van der Waals surface area contributed by atoms with Crippen LogP contribution >= 0.6 is 12.6 Å². The first-order valence-electron chi connectivity index (χ1n) is 8.32. The van der Waals surface area contributed by atoms with E-state index >= 15 is 0 Å². The fourth-order valence-corrected chi connectivity index (χ4v) is 3.22. The van der Waals surface area contributed by atoms with Gasteiger partial charge in [0.15, 0.2) is 0 Å². The summed E-state index contributed by atoms with van der Waals surface area (Å²) in [6.45, 7) is 9.43. The predicted octanol–water partition coefficient (Wildman–Crippen LogP) is 1.58. The van der Waals surface area contributed by atoms with Crippen LogP contribution in [0.2, 0.25) is 0 Å². The summed E-state index contributed by atoms with van der Waals surface area (Å²) in [5.41, 5.74) is 6.42. The topological polar surface area (TPSA) is 84.7 Å². The van der Waals surface area contributed by atoms with Gasteiger partial charge in [0.2, 0.25) is 5.91 Å². The molecule has 1 aliphatic rings. The molecule has 0 aliphatic carbocycles. The zero-order valence-electron chi connectivity index (χ0n) is 15.0. The lowest BCUT2D eigenvalue weighted by molar-refractivity contribution is -0.125. The summed E-state index contributed by atoms with van der Waals surface area (Å²) in [6.07, 6.45) is 3.90. The van der Waals surface area contributed by atoms with Gasteiger partial charge in [0, 0.05) is 13.1 Å². The average Bonchev–Trinajstić information content (AvgIpc) is 2.43. The first-order chi connectivity index (χ1) is 11.2. The lowest BCUT2D eigenvalue weighted by Crippen LogP contribution is -2.48. The summed E-state index contributed by atoms with van der Waals surface area (Å²) in [5.74, 6) is -0.817. The Morgan fingerprint density at radius 1 is 1.33 bits per heavy atom. The van der Waals surface area contributed by atoms with E-state index in [0.29, 0.717) is 13.1 Å². The maximum atomic E-state index is 12.3. The van der Waals surface area contributed by atoms with Crippen LogP contribution in [-0.2, 0) is 14.3 Å². The molecule has 0 bridgehead atoms. The molecule has 1 rings (SSSR count). The second-order valence-corrected chi connectivity index (χ2v) is 6.71. The van der Waals surface area contributed by atoms with Crippen LogP contribution in [0.25, 0.3) is 0 Å². The molecule has 0 aromatic carbocycles. The van der Waals surface area contributed by atoms with E-state index in [1.807, 2.05) is 31.7 Å². The lowest BCUT2D eigenvalue weighted by atomic mass is 10.1. The van der Waals surface area contributed by atoms with E-state index in [1.165, 1.54) is 0 Å². The third-order valence-electron chi connectivity index (χ3n) is 3.74. The number of allylic oxidation sites excluding steroid dienone is 1. The Labute approximate surface area is 149 Å². The van der Waals surface area contributed by atoms with E-state index in [-0.39, 0.29) is 35.3 Å². The molecule has 136 valence electrons. The lowest BCUT2D eigenvalue weighted by Gasteiger charge is -2.34. The first kappa shape index (κ1) is 20.7. The molecule has 2 atom stereocenters. The number of unbranched alkanes of at least 4 members (excludes halogenated alkanes) is 1. The number of ether oxygens (including phenoxy) is 1. The SMILES string of the molecule is CCC/C=C(C)/C(C(N)=O)=C(\S)NC(=O)CN1CC(C)OC(C)C1. The van der Waals surface area contributed by atoms with E-state index < -0.39 is 5.91 Å². The molecule has 1 aliphatic heterocycles. The van der Waals surface area contributed by atoms with E-state index in [1.54, 1.807) is 6.92 Å². The highest BCUT2D eigenvalue weighted by Gasteiger charge is 2.24. The van der Waals surface area contributed by atoms with Gasteiger partial charge in [-0.2, -0.15) is 0 Å². The molecule has 0 spiro atoms. The number of amides is 2. The molecular weight excluding hydrogens is 326 g/mol. The number of rotatable bonds is 7. The number of hydrogen-bond acceptors (Lipinski definition) is 5. The molecule has 1 heterocycles. The van der Waals surface area contributed by atoms with Crippen molar-refractivity contribution in [3.63, 3.8) is 0 Å². The molecule has 0 aromatic heterocycles. The van der Waals surface area contributed by atoms with Crippen molar-refractivity contribution in [2.45, 2.75) is 52.7 Å². The van der Waals surface area contributed by atoms with Gasteiger partial charge in [0.25, 0.3) is 5.91 Å². The predicted molar refractivity (Wildman–Crippen MR) is 98.5 cm³/mol. The Hall–Kier alpha value is -1.31. The van der Waals surface area contributed by atoms with Crippen LogP contribution in [0.4, 0.5) is 0 Å². The molecule has 3 N–H and O–H groups in total. The minimum Gasteiger partial charge on any atom is -0.373 e. The van der Waals surface area contributed by atoms with Crippen molar-refractivity contribution in [3.8, 4) is 0 Å². The van der Waals surface area contributed by atoms with Crippen LogP contribution in [0.5, 0.6) is 0 Å². The Morgan fingerprint density at radius 3 is 2.42 bits per heavy atom. The summed E-state index contributed by atoms with van der Waals surface area (Å²) in [4.78, 5) is 26.0. The fraction of sp³-hybridized carbons (Fsp3) is 0.647. The van der Waals surface area contributed by atoms with Crippen molar-refractivity contribution in [2.24, 2.45) is 5.73 Å². The van der Waals surface area contributed by atoms with Gasteiger partial charge >= 0.3 is 0 Å². The minimum atomic E-state index is -0.598. The largest absolute Gasteiger partial charge is 0.373 e. The number of nitrogens with two attached hydrogens (primary N) is 1. The number of carbonyl (C=O) groups excluding carboxylic acids is 2. The molecule has 2 unspecified atom stereocenters. The normalized spacial score (nSPS) is 23.6. The molecule has 6 nitrogen and oxygen atoms in total. The molecule has 7 heteroatoms. The van der Waals surface area contributed by atoms with Crippen LogP contribution in [0.3, 0.4) is 0 Å². The molecule has 1 fully saturated rings. The van der Waals surface area contributed by atoms with Crippen LogP contribution in [0, 0.1) is 0 Å². The van der Waals surface area contributed by atoms with Crippen molar-refractivity contribution in [1.82, 2.24) is 10.2 Å². The van der Waals surface area contributed by atoms with Gasteiger partial charge in [0.05, 0.1) is 29.4 Å². The Kier molecular flexibility index (Phi) is 8.52. The maximum Gasteiger partial charge on any atom is 0.251 e. The van der Waals surface area contributed by atoms with E-state index in [4.69, 9.17) is 10.5 Å². The average molecular weight is 356 g/mol. The number of hydrogen-bond donors (Lipinski definition) is 3. The van der Waals surface area contributed by atoms with Crippen molar-refractivity contribution in [3.05, 3.63) is 22.3 Å². The van der Waals surface area contributed by atoms with Crippen molar-refractivity contribution in [1.29, 1.82) is 0 Å². The van der Waals surface area contributed by atoms with Gasteiger partial charge in [0.1, 0.15) is 0 Å². The van der Waals surface area contributed by atoms with Crippen molar-refractivity contribution in [2.75, 3.05) is 19.6 Å². The number of nitrogens with one attached hydrogen (secondary N) is 1. The third-order valence-corrected chi connectivity index (χ3v) is 4.07. The van der Waals surface area contributed by atoms with Crippen LogP contribution in [0.1, 0.15) is 40.5 Å². The fourth-order valence-electron chi connectivity index (χ4n) is 2.81. The Morgan fingerprint density at radius 2 is 1.92 bits per heavy atom. The van der Waals surface area contributed by atoms with Gasteiger partial charge < -0.3 is 15.8 Å². The number of thiol groups is 1. The van der Waals surface area contributed by atoms with Crippen LogP contribution in [-0.4, -0.2) is 48.6 Å². The van der Waals surface area contributed by atoms with Gasteiger partial charge in [-0.25, -0.2) is 0 Å². The first-order valence-corrected chi connectivity index (χ1v) is 8.77. The molecule has 24 heavy (non-hydrogen) atoms. The van der Waals surface area contributed by atoms with Crippen LogP contribution < -0.4 is 11.1 Å². The summed E-state index contributed by atoms with van der Waals surface area (Å²) >= 11 is 4.28. The summed E-state index contributed by atoms with van der Waals surface area (Å²) in [7, 11) is 0. The Balaban J connectivity index is 2.76. The molecule has 0 saturated carbocycles. The molecule has 0 aromatic rings. The van der Waals surface area contributed by atoms with Crippen LogP contribution in [0.15, 0.2) is 22.3 Å². The second-order valence-electron chi connectivity index (χ2n) is 6.26. The summed E-state index contributed by atoms with van der Waals surface area (Å²) < 4.78 is 5.65. The zero-order valence-corrected chi connectivity index (χ0v) is 15.9. The third kappa shape index (κ3) is 6.67. The number of primary amides is 1. The van der Waals surface area contributed by atoms with Crippen molar-refractivity contribution < 1.29 is 14.3 Å². The second kappa shape index (κ2) is 9.86. The monoisotopic (exact) mass is 355 g/mol. The van der Waals surface area contributed by atoms with E-state index in [2.05, 4.69) is 17.9 Å². The van der Waals surface area contributed by atoms with Crippen molar-refractivity contribution >= 4 is 24.4 Å². The quantitative estimate of drug-likeness (QED) is 0.368. The maximum absolute atomic E-state index is 12.3. The number of nitrogens with zero attached hydrogens (tertiary/aromatic N) is 1. The highest BCUT2D eigenvalue weighted by Crippen LogP contribution is 2.17. The molecule has 0 radical (unpaired) electrons. The molecule has 1 saturated heterocycles. The van der Waals surface area contributed by atoms with E-state index in [0.717, 1.165) is 18.4 Å². The molecule has 2 amide bonds. The van der Waals surface area contributed by atoms with Gasteiger partial charge in [-0.3, -0.25) is 14.5 Å². The smallest absolute Gasteiger partial charge is 0.251 e. The number of carbonyl (C=O) groups is 2. The van der Waals surface area contributed by atoms with Gasteiger partial charge in [-0.15, -0.1) is 12.6 Å².